The van der Waals surface area contributed by atoms with Gasteiger partial charge in [0, 0.05) is 29.7 Å². The Morgan fingerprint density at radius 1 is 1.31 bits per heavy atom. The van der Waals surface area contributed by atoms with Crippen molar-refractivity contribution in [1.29, 1.82) is 0 Å². The van der Waals surface area contributed by atoms with Crippen molar-refractivity contribution in [2.75, 3.05) is 13.7 Å². The lowest BCUT2D eigenvalue weighted by molar-refractivity contribution is 0.0950. The molecule has 5 nitrogen and oxygen atoms in total. The van der Waals surface area contributed by atoms with Crippen molar-refractivity contribution in [2.24, 2.45) is 0 Å². The molecule has 1 N–H and O–H groups in total. The average molecular weight is 359 g/mol. The molecule has 1 aliphatic rings. The molecule has 0 saturated heterocycles. The third-order valence-electron chi connectivity index (χ3n) is 4.23. The minimum Gasteiger partial charge on any atom is -0.494 e. The fraction of sp³-hybridized carbons (Fsp3) is 0.350. The molecule has 138 valence electrons. The molecule has 1 heterocycles. The first-order valence-corrected chi connectivity index (χ1v) is 8.58. The standard InChI is InChI=1S/C20H22FNO4/c1-4-25-18-9-14-7-12(2)26-19(14)10-15(18)11-22-20(23)13-5-6-17(24-3)16(21)8-13/h5-6,8-10,12H,4,7,11H2,1-3H3,(H,22,23)/t12-/m0/s1. The summed E-state index contributed by atoms with van der Waals surface area (Å²) in [5, 5.41) is 2.80. The Bertz CT molecular complexity index is 822. The molecular formula is C20H22FNO4. The van der Waals surface area contributed by atoms with E-state index >= 15 is 0 Å². The number of rotatable bonds is 6. The quantitative estimate of drug-likeness (QED) is 0.858. The number of fused-ring (bicyclic) bond motifs is 1. The normalized spacial score (nSPS) is 15.2. The Labute approximate surface area is 152 Å². The molecule has 2 aromatic rings. The third-order valence-corrected chi connectivity index (χ3v) is 4.23. The largest absolute Gasteiger partial charge is 0.494 e. The van der Waals surface area contributed by atoms with Gasteiger partial charge in [-0.05, 0) is 44.2 Å². The lowest BCUT2D eigenvalue weighted by atomic mass is 10.1. The van der Waals surface area contributed by atoms with Crippen LogP contribution >= 0.6 is 0 Å². The van der Waals surface area contributed by atoms with Crippen LogP contribution in [0.4, 0.5) is 4.39 Å². The van der Waals surface area contributed by atoms with Crippen molar-refractivity contribution in [1.82, 2.24) is 5.32 Å². The first kappa shape index (κ1) is 18.0. The summed E-state index contributed by atoms with van der Waals surface area (Å²) < 4.78 is 30.1. The average Bonchev–Trinajstić information content (AvgIpc) is 2.98. The Morgan fingerprint density at radius 3 is 2.81 bits per heavy atom. The highest BCUT2D eigenvalue weighted by molar-refractivity contribution is 5.94. The van der Waals surface area contributed by atoms with Gasteiger partial charge in [0.2, 0.25) is 0 Å². The monoisotopic (exact) mass is 359 g/mol. The van der Waals surface area contributed by atoms with Crippen LogP contribution in [0.25, 0.3) is 0 Å². The van der Waals surface area contributed by atoms with Gasteiger partial charge in [0.15, 0.2) is 11.6 Å². The van der Waals surface area contributed by atoms with Gasteiger partial charge in [0.1, 0.15) is 17.6 Å². The number of ether oxygens (including phenoxy) is 3. The molecule has 2 aromatic carbocycles. The summed E-state index contributed by atoms with van der Waals surface area (Å²) in [6.45, 7) is 4.71. The number of benzene rings is 2. The Balaban J connectivity index is 1.75. The molecular weight excluding hydrogens is 337 g/mol. The smallest absolute Gasteiger partial charge is 0.251 e. The van der Waals surface area contributed by atoms with Gasteiger partial charge in [0.05, 0.1) is 13.7 Å². The lowest BCUT2D eigenvalue weighted by Gasteiger charge is -2.13. The summed E-state index contributed by atoms with van der Waals surface area (Å²) in [7, 11) is 1.38. The van der Waals surface area contributed by atoms with Gasteiger partial charge in [-0.15, -0.1) is 0 Å². The maximum Gasteiger partial charge on any atom is 0.251 e. The number of hydrogen-bond donors (Lipinski definition) is 1. The number of nitrogens with one attached hydrogen (secondary N) is 1. The molecule has 6 heteroatoms. The number of carbonyl (C=O) groups excluding carboxylic acids is 1. The van der Waals surface area contributed by atoms with Crippen molar-refractivity contribution >= 4 is 5.91 Å². The summed E-state index contributed by atoms with van der Waals surface area (Å²) >= 11 is 0. The van der Waals surface area contributed by atoms with Gasteiger partial charge in [-0.3, -0.25) is 4.79 Å². The van der Waals surface area contributed by atoms with Crippen molar-refractivity contribution in [3.8, 4) is 17.2 Å². The van der Waals surface area contributed by atoms with Crippen LogP contribution in [-0.4, -0.2) is 25.7 Å². The number of methoxy groups -OCH3 is 1. The van der Waals surface area contributed by atoms with Crippen LogP contribution in [0.15, 0.2) is 30.3 Å². The second-order valence-corrected chi connectivity index (χ2v) is 6.17. The van der Waals surface area contributed by atoms with Crippen LogP contribution in [0.2, 0.25) is 0 Å². The van der Waals surface area contributed by atoms with Gasteiger partial charge < -0.3 is 19.5 Å². The first-order chi connectivity index (χ1) is 12.5. The molecule has 0 saturated carbocycles. The topological polar surface area (TPSA) is 56.8 Å². The Kier molecular flexibility index (Phi) is 5.30. The van der Waals surface area contributed by atoms with Gasteiger partial charge >= 0.3 is 0 Å². The van der Waals surface area contributed by atoms with E-state index in [1.54, 1.807) is 0 Å². The lowest BCUT2D eigenvalue weighted by Crippen LogP contribution is -2.23. The molecule has 0 fully saturated rings. The molecule has 1 aliphatic heterocycles. The number of carbonyl (C=O) groups is 1. The van der Waals surface area contributed by atoms with Crippen LogP contribution in [0.1, 0.15) is 35.3 Å². The SMILES string of the molecule is CCOc1cc2c(cc1CNC(=O)c1ccc(OC)c(F)c1)O[C@@H](C)C2. The van der Waals surface area contributed by atoms with Crippen molar-refractivity contribution in [3.05, 3.63) is 52.8 Å². The molecule has 0 aliphatic carbocycles. The van der Waals surface area contributed by atoms with E-state index < -0.39 is 5.82 Å². The zero-order valence-corrected chi connectivity index (χ0v) is 15.1. The van der Waals surface area contributed by atoms with Crippen molar-refractivity contribution in [2.45, 2.75) is 32.9 Å². The maximum absolute atomic E-state index is 13.8. The first-order valence-electron chi connectivity index (χ1n) is 8.58. The van der Waals surface area contributed by atoms with E-state index in [-0.39, 0.29) is 29.9 Å². The molecule has 3 rings (SSSR count). The molecule has 26 heavy (non-hydrogen) atoms. The summed E-state index contributed by atoms with van der Waals surface area (Å²) in [6, 6.07) is 7.98. The minimum atomic E-state index is -0.574. The van der Waals surface area contributed by atoms with Crippen LogP contribution in [0, 0.1) is 5.82 Å². The summed E-state index contributed by atoms with van der Waals surface area (Å²) in [5.41, 5.74) is 2.16. The van der Waals surface area contributed by atoms with E-state index in [2.05, 4.69) is 5.32 Å². The zero-order chi connectivity index (χ0) is 18.7. The van der Waals surface area contributed by atoms with E-state index in [0.717, 1.165) is 35.1 Å². The molecule has 1 amide bonds. The van der Waals surface area contributed by atoms with Crippen LogP contribution in [0.3, 0.4) is 0 Å². The van der Waals surface area contributed by atoms with Crippen LogP contribution < -0.4 is 19.5 Å². The fourth-order valence-electron chi connectivity index (χ4n) is 2.99. The predicted octanol–water partition coefficient (Wildman–Crippen LogP) is 3.49. The van der Waals surface area contributed by atoms with E-state index in [9.17, 15) is 9.18 Å². The predicted molar refractivity (Wildman–Crippen MR) is 95.5 cm³/mol. The van der Waals surface area contributed by atoms with Gasteiger partial charge in [-0.1, -0.05) is 0 Å². The summed E-state index contributed by atoms with van der Waals surface area (Å²) in [4.78, 5) is 12.3. The van der Waals surface area contributed by atoms with Gasteiger partial charge in [0.25, 0.3) is 5.91 Å². The summed E-state index contributed by atoms with van der Waals surface area (Å²) in [6.07, 6.45) is 0.972. The fourth-order valence-corrected chi connectivity index (χ4v) is 2.99. The molecule has 0 aromatic heterocycles. The minimum absolute atomic E-state index is 0.102. The maximum atomic E-state index is 13.8. The Hall–Kier alpha value is -2.76. The number of amides is 1. The third kappa shape index (κ3) is 3.74. The summed E-state index contributed by atoms with van der Waals surface area (Å²) in [5.74, 6) is 0.704. The number of hydrogen-bond acceptors (Lipinski definition) is 4. The second kappa shape index (κ2) is 7.64. The van der Waals surface area contributed by atoms with Gasteiger partial charge in [-0.25, -0.2) is 4.39 Å². The molecule has 1 atom stereocenters. The molecule has 0 bridgehead atoms. The highest BCUT2D eigenvalue weighted by atomic mass is 19.1. The van der Waals surface area contributed by atoms with Crippen LogP contribution in [0.5, 0.6) is 17.2 Å². The van der Waals surface area contributed by atoms with E-state index in [1.807, 2.05) is 26.0 Å². The number of halogens is 1. The molecule has 0 radical (unpaired) electrons. The van der Waals surface area contributed by atoms with E-state index in [4.69, 9.17) is 14.2 Å². The zero-order valence-electron chi connectivity index (χ0n) is 15.1. The van der Waals surface area contributed by atoms with Crippen LogP contribution in [-0.2, 0) is 13.0 Å². The van der Waals surface area contributed by atoms with E-state index in [1.165, 1.54) is 19.2 Å². The highest BCUT2D eigenvalue weighted by Crippen LogP contribution is 2.35. The molecule has 0 spiro atoms. The highest BCUT2D eigenvalue weighted by Gasteiger charge is 2.22. The van der Waals surface area contributed by atoms with E-state index in [0.29, 0.717) is 6.61 Å². The molecule has 0 unspecified atom stereocenters. The van der Waals surface area contributed by atoms with Crippen molar-refractivity contribution < 1.29 is 23.4 Å². The second-order valence-electron chi connectivity index (χ2n) is 6.17. The van der Waals surface area contributed by atoms with Gasteiger partial charge in [-0.2, -0.15) is 0 Å². The van der Waals surface area contributed by atoms with Crippen molar-refractivity contribution in [3.63, 3.8) is 0 Å². The Morgan fingerprint density at radius 2 is 2.12 bits per heavy atom.